The lowest BCUT2D eigenvalue weighted by Crippen LogP contribution is -2.35. The summed E-state index contributed by atoms with van der Waals surface area (Å²) in [5.74, 6) is -1.21. The Hall–Kier alpha value is -1.66. The van der Waals surface area contributed by atoms with Gasteiger partial charge in [0.25, 0.3) is 0 Å². The zero-order valence-corrected chi connectivity index (χ0v) is 11.9. The summed E-state index contributed by atoms with van der Waals surface area (Å²) in [5.41, 5.74) is 5.85. The SMILES string of the molecule is CCOC(=O)CC(NC(=O)CN)c1ccc(F)cc1.Cl. The van der Waals surface area contributed by atoms with Crippen LogP contribution in [0.1, 0.15) is 24.9 Å². The monoisotopic (exact) mass is 304 g/mol. The average molecular weight is 305 g/mol. The number of nitrogens with one attached hydrogen (secondary N) is 1. The van der Waals surface area contributed by atoms with Crippen molar-refractivity contribution in [3.63, 3.8) is 0 Å². The molecule has 1 atom stereocenters. The fourth-order valence-corrected chi connectivity index (χ4v) is 1.59. The lowest BCUT2D eigenvalue weighted by atomic mass is 10.0. The molecule has 0 saturated heterocycles. The highest BCUT2D eigenvalue weighted by Gasteiger charge is 2.18. The molecule has 7 heteroatoms. The van der Waals surface area contributed by atoms with E-state index in [4.69, 9.17) is 10.5 Å². The van der Waals surface area contributed by atoms with E-state index in [0.29, 0.717) is 5.56 Å². The molecule has 0 aliphatic rings. The third kappa shape index (κ3) is 5.99. The van der Waals surface area contributed by atoms with Gasteiger partial charge in [-0.3, -0.25) is 9.59 Å². The van der Waals surface area contributed by atoms with Gasteiger partial charge >= 0.3 is 5.97 Å². The molecule has 1 unspecified atom stereocenters. The second-order valence-electron chi connectivity index (χ2n) is 3.88. The molecule has 0 radical (unpaired) electrons. The van der Waals surface area contributed by atoms with Crippen LogP contribution in [-0.2, 0) is 14.3 Å². The van der Waals surface area contributed by atoms with Crippen LogP contribution in [0.25, 0.3) is 0 Å². The highest BCUT2D eigenvalue weighted by molar-refractivity contribution is 5.85. The molecule has 0 heterocycles. The molecule has 0 bridgehead atoms. The molecule has 1 rings (SSSR count). The first kappa shape index (κ1) is 18.3. The highest BCUT2D eigenvalue weighted by Crippen LogP contribution is 2.18. The van der Waals surface area contributed by atoms with E-state index in [-0.39, 0.29) is 37.8 Å². The van der Waals surface area contributed by atoms with E-state index in [0.717, 1.165) is 0 Å². The van der Waals surface area contributed by atoms with Crippen molar-refractivity contribution in [1.82, 2.24) is 5.32 Å². The van der Waals surface area contributed by atoms with Gasteiger partial charge in [0.1, 0.15) is 5.82 Å². The summed E-state index contributed by atoms with van der Waals surface area (Å²) in [5, 5.41) is 2.60. The van der Waals surface area contributed by atoms with Crippen LogP contribution in [-0.4, -0.2) is 25.0 Å². The number of hydrogen-bond acceptors (Lipinski definition) is 4. The molecule has 0 aliphatic carbocycles. The minimum Gasteiger partial charge on any atom is -0.466 e. The number of ether oxygens (including phenoxy) is 1. The zero-order chi connectivity index (χ0) is 14.3. The standard InChI is InChI=1S/C13H17FN2O3.ClH/c1-2-19-13(18)7-11(16-12(17)8-15)9-3-5-10(14)6-4-9;/h3-6,11H,2,7-8,15H2,1H3,(H,16,17);1H. The van der Waals surface area contributed by atoms with Gasteiger partial charge in [-0.2, -0.15) is 0 Å². The summed E-state index contributed by atoms with van der Waals surface area (Å²) in [6.45, 7) is 1.78. The third-order valence-corrected chi connectivity index (χ3v) is 2.47. The maximum absolute atomic E-state index is 12.9. The number of esters is 1. The van der Waals surface area contributed by atoms with Crippen molar-refractivity contribution in [3.05, 3.63) is 35.6 Å². The number of carbonyl (C=O) groups is 2. The van der Waals surface area contributed by atoms with Gasteiger partial charge in [-0.15, -0.1) is 12.4 Å². The number of rotatable bonds is 6. The first-order chi connectivity index (χ1) is 9.06. The number of hydrogen-bond donors (Lipinski definition) is 2. The van der Waals surface area contributed by atoms with Gasteiger partial charge in [-0.25, -0.2) is 4.39 Å². The second kappa shape index (κ2) is 9.28. The van der Waals surface area contributed by atoms with Crippen LogP contribution in [0.4, 0.5) is 4.39 Å². The summed E-state index contributed by atoms with van der Waals surface area (Å²) < 4.78 is 17.7. The quantitative estimate of drug-likeness (QED) is 0.777. The minimum absolute atomic E-state index is 0. The number of benzene rings is 1. The Balaban J connectivity index is 0.00000361. The lowest BCUT2D eigenvalue weighted by molar-refractivity contribution is -0.143. The molecule has 1 amide bonds. The van der Waals surface area contributed by atoms with Crippen LogP contribution < -0.4 is 11.1 Å². The summed E-state index contributed by atoms with van der Waals surface area (Å²) >= 11 is 0. The van der Waals surface area contributed by atoms with Gasteiger partial charge in [0, 0.05) is 0 Å². The molecule has 0 aliphatic heterocycles. The van der Waals surface area contributed by atoms with E-state index in [1.807, 2.05) is 0 Å². The maximum Gasteiger partial charge on any atom is 0.308 e. The summed E-state index contributed by atoms with van der Waals surface area (Å²) in [6, 6.07) is 4.98. The van der Waals surface area contributed by atoms with Gasteiger partial charge < -0.3 is 15.8 Å². The van der Waals surface area contributed by atoms with Crippen molar-refractivity contribution < 1.29 is 18.7 Å². The smallest absolute Gasteiger partial charge is 0.308 e. The fourth-order valence-electron chi connectivity index (χ4n) is 1.59. The number of halogens is 2. The Morgan fingerprint density at radius 3 is 2.45 bits per heavy atom. The van der Waals surface area contributed by atoms with Crippen molar-refractivity contribution in [3.8, 4) is 0 Å². The lowest BCUT2D eigenvalue weighted by Gasteiger charge is -2.18. The van der Waals surface area contributed by atoms with Crippen LogP contribution in [0.5, 0.6) is 0 Å². The van der Waals surface area contributed by atoms with E-state index >= 15 is 0 Å². The summed E-state index contributed by atoms with van der Waals surface area (Å²) in [7, 11) is 0. The predicted octanol–water partition coefficient (Wildman–Crippen LogP) is 1.32. The Morgan fingerprint density at radius 1 is 1.35 bits per heavy atom. The van der Waals surface area contributed by atoms with E-state index in [2.05, 4.69) is 5.32 Å². The van der Waals surface area contributed by atoms with Gasteiger partial charge in [0.2, 0.25) is 5.91 Å². The maximum atomic E-state index is 12.9. The van der Waals surface area contributed by atoms with Crippen LogP contribution in [0.2, 0.25) is 0 Å². The molecular weight excluding hydrogens is 287 g/mol. The summed E-state index contributed by atoms with van der Waals surface area (Å²) in [4.78, 5) is 22.8. The van der Waals surface area contributed by atoms with Crippen LogP contribution in [0.3, 0.4) is 0 Å². The Bertz CT molecular complexity index is 440. The van der Waals surface area contributed by atoms with E-state index in [1.54, 1.807) is 6.92 Å². The molecule has 20 heavy (non-hydrogen) atoms. The van der Waals surface area contributed by atoms with Crippen LogP contribution in [0, 0.1) is 5.82 Å². The van der Waals surface area contributed by atoms with E-state index in [9.17, 15) is 14.0 Å². The zero-order valence-electron chi connectivity index (χ0n) is 11.1. The topological polar surface area (TPSA) is 81.4 Å². The Labute approximate surface area is 123 Å². The Kier molecular flexibility index (Phi) is 8.51. The van der Waals surface area contributed by atoms with E-state index < -0.39 is 17.9 Å². The Morgan fingerprint density at radius 2 is 1.95 bits per heavy atom. The summed E-state index contributed by atoms with van der Waals surface area (Å²) in [6.07, 6.45) is -0.0226. The molecule has 0 fully saturated rings. The molecule has 3 N–H and O–H groups in total. The minimum atomic E-state index is -0.573. The van der Waals surface area contributed by atoms with Gasteiger partial charge in [-0.1, -0.05) is 12.1 Å². The van der Waals surface area contributed by atoms with Gasteiger partial charge in [0.05, 0.1) is 25.6 Å². The third-order valence-electron chi connectivity index (χ3n) is 2.47. The largest absolute Gasteiger partial charge is 0.466 e. The normalized spacial score (nSPS) is 11.2. The second-order valence-corrected chi connectivity index (χ2v) is 3.88. The van der Waals surface area contributed by atoms with E-state index in [1.165, 1.54) is 24.3 Å². The van der Waals surface area contributed by atoms with Crippen LogP contribution in [0.15, 0.2) is 24.3 Å². The number of amides is 1. The van der Waals surface area contributed by atoms with Gasteiger partial charge in [0.15, 0.2) is 0 Å². The van der Waals surface area contributed by atoms with Crippen LogP contribution >= 0.6 is 12.4 Å². The molecule has 0 saturated carbocycles. The molecule has 112 valence electrons. The molecule has 5 nitrogen and oxygen atoms in total. The number of nitrogens with two attached hydrogens (primary N) is 1. The van der Waals surface area contributed by atoms with Crippen molar-refractivity contribution in [2.24, 2.45) is 5.73 Å². The number of carbonyl (C=O) groups excluding carboxylic acids is 2. The van der Waals surface area contributed by atoms with Crippen molar-refractivity contribution >= 4 is 24.3 Å². The molecule has 0 aromatic heterocycles. The first-order valence-corrected chi connectivity index (χ1v) is 5.97. The average Bonchev–Trinajstić information content (AvgIpc) is 2.39. The molecule has 1 aromatic carbocycles. The molecular formula is C13H18ClFN2O3. The van der Waals surface area contributed by atoms with Crippen molar-refractivity contribution in [2.75, 3.05) is 13.2 Å². The molecule has 0 spiro atoms. The fraction of sp³-hybridized carbons (Fsp3) is 0.385. The van der Waals surface area contributed by atoms with Crippen molar-refractivity contribution in [2.45, 2.75) is 19.4 Å². The molecule has 1 aromatic rings. The van der Waals surface area contributed by atoms with Gasteiger partial charge in [-0.05, 0) is 24.6 Å². The predicted molar refractivity (Wildman–Crippen MR) is 74.8 cm³/mol. The highest BCUT2D eigenvalue weighted by atomic mass is 35.5. The van der Waals surface area contributed by atoms with Crippen molar-refractivity contribution in [1.29, 1.82) is 0 Å². The first-order valence-electron chi connectivity index (χ1n) is 5.97.